The maximum absolute atomic E-state index is 12.6. The van der Waals surface area contributed by atoms with Crippen LogP contribution >= 0.6 is 0 Å². The fourth-order valence-corrected chi connectivity index (χ4v) is 2.69. The maximum atomic E-state index is 12.6. The average Bonchev–Trinajstić information content (AvgIpc) is 2.59. The molecule has 136 valence electrons. The first-order valence-electron chi connectivity index (χ1n) is 7.97. The lowest BCUT2D eigenvalue weighted by Crippen LogP contribution is -2.26. The zero-order valence-electron chi connectivity index (χ0n) is 15.0. The summed E-state index contributed by atoms with van der Waals surface area (Å²) in [4.78, 5) is 24.2. The van der Waals surface area contributed by atoms with E-state index in [1.807, 2.05) is 6.07 Å². The molecule has 0 amide bonds. The SMILES string of the molecule is COC(=O)c1ccc([C@@H]2C(C#N)=C(N)OC(C)=C2C(=O)OC(C)C)cc1. The Bertz CT molecular complexity index is 828. The minimum Gasteiger partial charge on any atom is -0.465 e. The summed E-state index contributed by atoms with van der Waals surface area (Å²) in [5.74, 6) is -1.60. The fourth-order valence-electron chi connectivity index (χ4n) is 2.69. The third kappa shape index (κ3) is 3.70. The molecule has 0 saturated heterocycles. The highest BCUT2D eigenvalue weighted by Gasteiger charge is 2.36. The topological polar surface area (TPSA) is 112 Å². The van der Waals surface area contributed by atoms with Crippen molar-refractivity contribution in [3.05, 3.63) is 58.2 Å². The van der Waals surface area contributed by atoms with Gasteiger partial charge in [-0.2, -0.15) is 5.26 Å². The Morgan fingerprint density at radius 2 is 1.85 bits per heavy atom. The van der Waals surface area contributed by atoms with Crippen LogP contribution in [0.3, 0.4) is 0 Å². The summed E-state index contributed by atoms with van der Waals surface area (Å²) in [5, 5.41) is 9.53. The molecule has 0 spiro atoms. The minimum atomic E-state index is -0.744. The van der Waals surface area contributed by atoms with Crippen molar-refractivity contribution < 1.29 is 23.8 Å². The van der Waals surface area contributed by atoms with Crippen molar-refractivity contribution in [2.45, 2.75) is 32.8 Å². The minimum absolute atomic E-state index is 0.0619. The van der Waals surface area contributed by atoms with Crippen LogP contribution in [0.25, 0.3) is 0 Å². The van der Waals surface area contributed by atoms with Gasteiger partial charge in [-0.15, -0.1) is 0 Å². The molecule has 0 saturated carbocycles. The Labute approximate surface area is 151 Å². The number of carbonyl (C=O) groups excluding carboxylic acids is 2. The molecule has 1 aliphatic rings. The molecule has 0 aromatic heterocycles. The Kier molecular flexibility index (Phi) is 5.68. The first-order valence-corrected chi connectivity index (χ1v) is 7.97. The Morgan fingerprint density at radius 3 is 2.35 bits per heavy atom. The monoisotopic (exact) mass is 356 g/mol. The van der Waals surface area contributed by atoms with E-state index in [1.165, 1.54) is 7.11 Å². The maximum Gasteiger partial charge on any atom is 0.338 e. The quantitative estimate of drug-likeness (QED) is 0.825. The lowest BCUT2D eigenvalue weighted by atomic mass is 9.83. The molecule has 0 unspecified atom stereocenters. The van der Waals surface area contributed by atoms with Crippen LogP contribution in [0.4, 0.5) is 0 Å². The third-order valence-corrected chi connectivity index (χ3v) is 3.83. The number of nitrogens with zero attached hydrogens (tertiary/aromatic N) is 1. The summed E-state index contributed by atoms with van der Waals surface area (Å²) in [6.45, 7) is 5.05. The van der Waals surface area contributed by atoms with Gasteiger partial charge in [0.25, 0.3) is 0 Å². The normalized spacial score (nSPS) is 16.8. The molecule has 1 heterocycles. The standard InChI is InChI=1S/C19H20N2O5/c1-10(2)25-19(23)15-11(3)26-17(21)14(9-20)16(15)12-5-7-13(8-6-12)18(22)24-4/h5-8,10,16H,21H2,1-4H3/t16-/m1/s1. The first kappa shape index (κ1) is 19.1. The second-order valence-corrected chi connectivity index (χ2v) is 5.96. The van der Waals surface area contributed by atoms with Crippen LogP contribution in [0, 0.1) is 11.3 Å². The molecule has 7 nitrogen and oxygen atoms in total. The van der Waals surface area contributed by atoms with Gasteiger partial charge < -0.3 is 19.9 Å². The van der Waals surface area contributed by atoms with Crippen LogP contribution in [0.5, 0.6) is 0 Å². The molecule has 2 N–H and O–H groups in total. The zero-order valence-corrected chi connectivity index (χ0v) is 15.0. The number of esters is 2. The van der Waals surface area contributed by atoms with Crippen LogP contribution in [-0.2, 0) is 19.0 Å². The van der Waals surface area contributed by atoms with E-state index in [0.29, 0.717) is 11.1 Å². The van der Waals surface area contributed by atoms with Gasteiger partial charge in [-0.3, -0.25) is 0 Å². The lowest BCUT2D eigenvalue weighted by Gasteiger charge is -2.27. The molecule has 1 aromatic carbocycles. The molecule has 7 heteroatoms. The number of ether oxygens (including phenoxy) is 3. The Morgan fingerprint density at radius 1 is 1.23 bits per heavy atom. The van der Waals surface area contributed by atoms with E-state index in [1.54, 1.807) is 45.0 Å². The second-order valence-electron chi connectivity index (χ2n) is 5.96. The average molecular weight is 356 g/mol. The number of benzene rings is 1. The second kappa shape index (κ2) is 7.74. The largest absolute Gasteiger partial charge is 0.465 e. The van der Waals surface area contributed by atoms with E-state index in [-0.39, 0.29) is 28.9 Å². The molecule has 0 bridgehead atoms. The molecule has 26 heavy (non-hydrogen) atoms. The molecule has 0 fully saturated rings. The van der Waals surface area contributed by atoms with Crippen molar-refractivity contribution in [2.24, 2.45) is 5.73 Å². The van der Waals surface area contributed by atoms with Crippen LogP contribution in [0.15, 0.2) is 47.1 Å². The van der Waals surface area contributed by atoms with Crippen LogP contribution < -0.4 is 5.73 Å². The van der Waals surface area contributed by atoms with Gasteiger partial charge in [0.2, 0.25) is 5.88 Å². The molecular formula is C19H20N2O5. The molecular weight excluding hydrogens is 336 g/mol. The molecule has 0 radical (unpaired) electrons. The number of nitriles is 1. The number of hydrogen-bond acceptors (Lipinski definition) is 7. The van der Waals surface area contributed by atoms with Crippen molar-refractivity contribution in [3.63, 3.8) is 0 Å². The van der Waals surface area contributed by atoms with Gasteiger partial charge in [0.05, 0.1) is 30.3 Å². The number of hydrogen-bond donors (Lipinski definition) is 1. The number of carbonyl (C=O) groups is 2. The Hall–Kier alpha value is -3.27. The summed E-state index contributed by atoms with van der Waals surface area (Å²) < 4.78 is 15.3. The predicted octanol–water partition coefficient (Wildman–Crippen LogP) is 2.51. The van der Waals surface area contributed by atoms with Gasteiger partial charge in [-0.05, 0) is 38.5 Å². The highest BCUT2D eigenvalue weighted by molar-refractivity contribution is 5.93. The summed E-state index contributed by atoms with van der Waals surface area (Å²) in [6, 6.07) is 8.41. The van der Waals surface area contributed by atoms with Crippen molar-refractivity contribution in [1.29, 1.82) is 5.26 Å². The first-order chi connectivity index (χ1) is 12.3. The van der Waals surface area contributed by atoms with Gasteiger partial charge >= 0.3 is 11.9 Å². The van der Waals surface area contributed by atoms with Gasteiger partial charge in [0, 0.05) is 0 Å². The zero-order chi connectivity index (χ0) is 19.4. The molecule has 1 aliphatic heterocycles. The third-order valence-electron chi connectivity index (χ3n) is 3.83. The van der Waals surface area contributed by atoms with Gasteiger partial charge in [-0.25, -0.2) is 9.59 Å². The van der Waals surface area contributed by atoms with Crippen molar-refractivity contribution in [3.8, 4) is 6.07 Å². The van der Waals surface area contributed by atoms with Crippen LogP contribution in [0.2, 0.25) is 0 Å². The molecule has 0 aliphatic carbocycles. The Balaban J connectivity index is 2.54. The summed E-state index contributed by atoms with van der Waals surface area (Å²) >= 11 is 0. The van der Waals surface area contributed by atoms with Crippen molar-refractivity contribution in [2.75, 3.05) is 7.11 Å². The van der Waals surface area contributed by atoms with Crippen molar-refractivity contribution in [1.82, 2.24) is 0 Å². The van der Waals surface area contributed by atoms with E-state index in [0.717, 1.165) is 0 Å². The van der Waals surface area contributed by atoms with E-state index in [4.69, 9.17) is 15.2 Å². The highest BCUT2D eigenvalue weighted by atomic mass is 16.5. The molecule has 1 atom stereocenters. The number of allylic oxidation sites excluding steroid dienone is 2. The predicted molar refractivity (Wildman–Crippen MR) is 92.4 cm³/mol. The van der Waals surface area contributed by atoms with E-state index in [2.05, 4.69) is 4.74 Å². The van der Waals surface area contributed by atoms with Crippen molar-refractivity contribution >= 4 is 11.9 Å². The fraction of sp³-hybridized carbons (Fsp3) is 0.316. The van der Waals surface area contributed by atoms with Gasteiger partial charge in [-0.1, -0.05) is 12.1 Å². The summed E-state index contributed by atoms with van der Waals surface area (Å²) in [5.41, 5.74) is 7.12. The molecule has 2 rings (SSSR count). The van der Waals surface area contributed by atoms with E-state index < -0.39 is 17.9 Å². The number of rotatable bonds is 4. The smallest absolute Gasteiger partial charge is 0.338 e. The number of nitrogens with two attached hydrogens (primary N) is 1. The highest BCUT2D eigenvalue weighted by Crippen LogP contribution is 2.39. The summed E-state index contributed by atoms with van der Waals surface area (Å²) in [6.07, 6.45) is -0.334. The van der Waals surface area contributed by atoms with Gasteiger partial charge in [0.1, 0.15) is 17.4 Å². The van der Waals surface area contributed by atoms with E-state index in [9.17, 15) is 14.9 Å². The van der Waals surface area contributed by atoms with Crippen LogP contribution in [-0.4, -0.2) is 25.2 Å². The van der Waals surface area contributed by atoms with E-state index >= 15 is 0 Å². The number of methoxy groups -OCH3 is 1. The van der Waals surface area contributed by atoms with Gasteiger partial charge in [0.15, 0.2) is 0 Å². The van der Waals surface area contributed by atoms with Crippen LogP contribution in [0.1, 0.15) is 42.6 Å². The molecule has 1 aromatic rings. The lowest BCUT2D eigenvalue weighted by molar-refractivity contribution is -0.143. The summed E-state index contributed by atoms with van der Waals surface area (Å²) in [7, 11) is 1.29.